The van der Waals surface area contributed by atoms with Crippen molar-refractivity contribution >= 4 is 5.95 Å². The average Bonchev–Trinajstić information content (AvgIpc) is 2.98. The molecule has 1 saturated heterocycles. The van der Waals surface area contributed by atoms with Crippen molar-refractivity contribution in [1.82, 2.24) is 15.2 Å². The van der Waals surface area contributed by atoms with E-state index >= 15 is 0 Å². The number of benzene rings is 2. The summed E-state index contributed by atoms with van der Waals surface area (Å²) in [5, 5.41) is 9.14. The molecule has 0 amide bonds. The van der Waals surface area contributed by atoms with Crippen LogP contribution in [0.15, 0.2) is 48.5 Å². The Bertz CT molecular complexity index is 893. The Morgan fingerprint density at radius 2 is 1.15 bits per heavy atom. The first-order chi connectivity index (χ1) is 13.2. The van der Waals surface area contributed by atoms with E-state index in [9.17, 15) is 0 Å². The Morgan fingerprint density at radius 1 is 0.630 bits per heavy atom. The fraction of sp³-hybridized carbons (Fsp3) is 0.348. The Morgan fingerprint density at radius 3 is 1.70 bits per heavy atom. The largest absolute Gasteiger partial charge is 0.340 e. The van der Waals surface area contributed by atoms with Crippen molar-refractivity contribution in [1.29, 1.82) is 0 Å². The Labute approximate surface area is 161 Å². The van der Waals surface area contributed by atoms with Crippen molar-refractivity contribution < 1.29 is 0 Å². The molecular formula is C23H26N4. The van der Waals surface area contributed by atoms with Crippen molar-refractivity contribution in [3.63, 3.8) is 0 Å². The molecule has 4 heteroatoms. The van der Waals surface area contributed by atoms with E-state index in [0.717, 1.165) is 41.6 Å². The van der Waals surface area contributed by atoms with E-state index < -0.39 is 0 Å². The lowest BCUT2D eigenvalue weighted by atomic mass is 10.0. The molecule has 1 fully saturated rings. The number of rotatable bonds is 3. The molecule has 1 aliphatic rings. The molecule has 0 aliphatic carbocycles. The summed E-state index contributed by atoms with van der Waals surface area (Å²) in [5.74, 6) is 0.753. The lowest BCUT2D eigenvalue weighted by Crippen LogP contribution is -2.26. The standard InChI is InChI=1S/C23H26N4/c1-17-7-11-19(12-8-17)21-22(20-13-9-18(2)10-14-20)25-26-23(24-21)27-15-5-3-4-6-16-27/h7-14H,3-6,15-16H2,1-2H3. The SMILES string of the molecule is Cc1ccc(-c2nnc(N3CCCCCC3)nc2-c2ccc(C)cc2)cc1. The molecule has 2 aromatic carbocycles. The van der Waals surface area contributed by atoms with Gasteiger partial charge in [0.1, 0.15) is 11.4 Å². The molecule has 0 bridgehead atoms. The fourth-order valence-electron chi connectivity index (χ4n) is 3.54. The number of anilines is 1. The third kappa shape index (κ3) is 4.00. The number of aromatic nitrogens is 3. The minimum atomic E-state index is 0.753. The number of hydrogen-bond donors (Lipinski definition) is 0. The van der Waals surface area contributed by atoms with Crippen LogP contribution in [0.1, 0.15) is 36.8 Å². The van der Waals surface area contributed by atoms with Gasteiger partial charge >= 0.3 is 0 Å². The molecule has 3 aromatic rings. The molecule has 1 aromatic heterocycles. The van der Waals surface area contributed by atoms with Crippen LogP contribution in [0, 0.1) is 13.8 Å². The number of nitrogens with zero attached hydrogens (tertiary/aromatic N) is 4. The van der Waals surface area contributed by atoms with Gasteiger partial charge in [-0.05, 0) is 26.7 Å². The van der Waals surface area contributed by atoms with Crippen LogP contribution in [-0.4, -0.2) is 28.3 Å². The van der Waals surface area contributed by atoms with Gasteiger partial charge < -0.3 is 4.90 Å². The van der Waals surface area contributed by atoms with Crippen molar-refractivity contribution in [2.45, 2.75) is 39.5 Å². The highest BCUT2D eigenvalue weighted by atomic mass is 15.3. The van der Waals surface area contributed by atoms with Gasteiger partial charge in [-0.15, -0.1) is 10.2 Å². The second-order valence-electron chi connectivity index (χ2n) is 7.44. The van der Waals surface area contributed by atoms with Crippen LogP contribution in [0.25, 0.3) is 22.5 Å². The minimum absolute atomic E-state index is 0.753. The maximum atomic E-state index is 4.99. The maximum absolute atomic E-state index is 4.99. The van der Waals surface area contributed by atoms with Crippen LogP contribution in [-0.2, 0) is 0 Å². The van der Waals surface area contributed by atoms with E-state index in [4.69, 9.17) is 4.98 Å². The normalized spacial score (nSPS) is 14.8. The van der Waals surface area contributed by atoms with E-state index in [1.54, 1.807) is 0 Å². The van der Waals surface area contributed by atoms with Crippen molar-refractivity contribution in [2.75, 3.05) is 18.0 Å². The second-order valence-corrected chi connectivity index (χ2v) is 7.44. The zero-order chi connectivity index (χ0) is 18.6. The zero-order valence-corrected chi connectivity index (χ0v) is 16.2. The molecule has 0 atom stereocenters. The molecule has 1 aliphatic heterocycles. The van der Waals surface area contributed by atoms with E-state index in [2.05, 4.69) is 77.5 Å². The molecule has 27 heavy (non-hydrogen) atoms. The summed E-state index contributed by atoms with van der Waals surface area (Å²) in [5.41, 5.74) is 6.37. The van der Waals surface area contributed by atoms with Gasteiger partial charge in [0.15, 0.2) is 0 Å². The topological polar surface area (TPSA) is 41.9 Å². The average molecular weight is 358 g/mol. The van der Waals surface area contributed by atoms with Crippen LogP contribution >= 0.6 is 0 Å². The molecular weight excluding hydrogens is 332 g/mol. The lowest BCUT2D eigenvalue weighted by molar-refractivity contribution is 0.726. The lowest BCUT2D eigenvalue weighted by Gasteiger charge is -2.21. The van der Waals surface area contributed by atoms with Crippen LogP contribution in [0.5, 0.6) is 0 Å². The molecule has 0 spiro atoms. The van der Waals surface area contributed by atoms with Crippen molar-refractivity contribution in [2.24, 2.45) is 0 Å². The van der Waals surface area contributed by atoms with Crippen molar-refractivity contribution in [3.8, 4) is 22.5 Å². The highest BCUT2D eigenvalue weighted by Gasteiger charge is 2.18. The summed E-state index contributed by atoms with van der Waals surface area (Å²) in [4.78, 5) is 7.28. The molecule has 0 radical (unpaired) electrons. The van der Waals surface area contributed by atoms with Gasteiger partial charge in [0, 0.05) is 24.2 Å². The molecule has 4 nitrogen and oxygen atoms in total. The van der Waals surface area contributed by atoms with Crippen LogP contribution in [0.4, 0.5) is 5.95 Å². The first-order valence-electron chi connectivity index (χ1n) is 9.84. The summed E-state index contributed by atoms with van der Waals surface area (Å²) in [6.07, 6.45) is 4.97. The third-order valence-corrected chi connectivity index (χ3v) is 5.21. The first kappa shape index (κ1) is 17.7. The van der Waals surface area contributed by atoms with Crippen LogP contribution < -0.4 is 4.90 Å². The van der Waals surface area contributed by atoms with E-state index in [-0.39, 0.29) is 0 Å². The quantitative estimate of drug-likeness (QED) is 0.645. The summed E-state index contributed by atoms with van der Waals surface area (Å²) in [6, 6.07) is 16.9. The van der Waals surface area contributed by atoms with E-state index in [1.807, 2.05) is 0 Å². The first-order valence-corrected chi connectivity index (χ1v) is 9.84. The summed E-state index contributed by atoms with van der Waals surface area (Å²) >= 11 is 0. The summed E-state index contributed by atoms with van der Waals surface area (Å²) in [6.45, 7) is 6.22. The Balaban J connectivity index is 1.80. The zero-order valence-electron chi connectivity index (χ0n) is 16.2. The van der Waals surface area contributed by atoms with Gasteiger partial charge in [0.2, 0.25) is 5.95 Å². The molecule has 0 saturated carbocycles. The Hall–Kier alpha value is -2.75. The number of hydrogen-bond acceptors (Lipinski definition) is 4. The number of aryl methyl sites for hydroxylation is 2. The van der Waals surface area contributed by atoms with Gasteiger partial charge in [0.05, 0.1) is 0 Å². The molecule has 0 unspecified atom stereocenters. The molecule has 0 N–H and O–H groups in total. The third-order valence-electron chi connectivity index (χ3n) is 5.21. The van der Waals surface area contributed by atoms with Gasteiger partial charge in [-0.25, -0.2) is 4.98 Å². The van der Waals surface area contributed by atoms with Crippen LogP contribution in [0.3, 0.4) is 0 Å². The van der Waals surface area contributed by atoms with E-state index in [0.29, 0.717) is 0 Å². The second kappa shape index (κ2) is 7.87. The van der Waals surface area contributed by atoms with E-state index in [1.165, 1.54) is 36.8 Å². The van der Waals surface area contributed by atoms with Crippen LogP contribution in [0.2, 0.25) is 0 Å². The van der Waals surface area contributed by atoms with Gasteiger partial charge in [-0.1, -0.05) is 72.5 Å². The minimum Gasteiger partial charge on any atom is -0.340 e. The molecule has 4 rings (SSSR count). The molecule has 138 valence electrons. The highest BCUT2D eigenvalue weighted by Crippen LogP contribution is 2.30. The van der Waals surface area contributed by atoms with Gasteiger partial charge in [-0.3, -0.25) is 0 Å². The predicted molar refractivity (Wildman–Crippen MR) is 111 cm³/mol. The van der Waals surface area contributed by atoms with Crippen molar-refractivity contribution in [3.05, 3.63) is 59.7 Å². The highest BCUT2D eigenvalue weighted by molar-refractivity contribution is 5.78. The maximum Gasteiger partial charge on any atom is 0.245 e. The summed E-state index contributed by atoms with van der Waals surface area (Å²) < 4.78 is 0. The molecule has 2 heterocycles. The smallest absolute Gasteiger partial charge is 0.245 e. The summed E-state index contributed by atoms with van der Waals surface area (Å²) in [7, 11) is 0. The monoisotopic (exact) mass is 358 g/mol. The van der Waals surface area contributed by atoms with Gasteiger partial charge in [0.25, 0.3) is 0 Å². The predicted octanol–water partition coefficient (Wildman–Crippen LogP) is 5.20. The fourth-order valence-corrected chi connectivity index (χ4v) is 3.54. The van der Waals surface area contributed by atoms with Gasteiger partial charge in [-0.2, -0.15) is 0 Å². The Kier molecular flexibility index (Phi) is 5.14.